The van der Waals surface area contributed by atoms with Crippen LogP contribution in [0.1, 0.15) is 72.2 Å². The maximum atomic E-state index is 13.2. The number of rotatable bonds is 7. The summed E-state index contributed by atoms with van der Waals surface area (Å²) in [5.41, 5.74) is 1.71. The Bertz CT molecular complexity index is 1240. The molecule has 0 radical (unpaired) electrons. The topological polar surface area (TPSA) is 96.0 Å². The molecular formula is C27H37N3O5S2. The molecular weight excluding hydrogens is 510 g/mol. The number of benzene rings is 1. The van der Waals surface area contributed by atoms with Crippen LogP contribution in [0.3, 0.4) is 0 Å². The van der Waals surface area contributed by atoms with E-state index >= 15 is 0 Å². The van der Waals surface area contributed by atoms with Crippen LogP contribution in [0, 0.1) is 11.8 Å². The number of nitrogens with one attached hydrogen (secondary N) is 1. The minimum Gasteiger partial charge on any atom is -0.462 e. The molecule has 10 heteroatoms. The molecule has 1 saturated heterocycles. The number of thiophene rings is 1. The van der Waals surface area contributed by atoms with Gasteiger partial charge in [0.1, 0.15) is 5.00 Å². The van der Waals surface area contributed by atoms with Gasteiger partial charge in [-0.2, -0.15) is 4.31 Å². The van der Waals surface area contributed by atoms with Crippen LogP contribution in [0.5, 0.6) is 0 Å². The molecule has 2 aromatic rings. The van der Waals surface area contributed by atoms with Crippen LogP contribution in [0.4, 0.5) is 5.00 Å². The number of hydrogen-bond donors (Lipinski definition) is 1. The van der Waals surface area contributed by atoms with E-state index in [0.717, 1.165) is 30.0 Å². The monoisotopic (exact) mass is 547 g/mol. The van der Waals surface area contributed by atoms with Crippen molar-refractivity contribution in [1.82, 2.24) is 9.21 Å². The van der Waals surface area contributed by atoms with Gasteiger partial charge in [-0.05, 0) is 75.3 Å². The highest BCUT2D eigenvalue weighted by molar-refractivity contribution is 7.89. The van der Waals surface area contributed by atoms with E-state index in [0.29, 0.717) is 53.5 Å². The SMILES string of the molecule is CCOC(=O)c1c(NC(=O)c2ccc(S(=O)(=O)N3C[C@@H](C)C[C@H](C)C3)cc2)sc2c1CCN(C(C)C)C2. The van der Waals surface area contributed by atoms with Crippen LogP contribution in [0.2, 0.25) is 0 Å². The lowest BCUT2D eigenvalue weighted by Gasteiger charge is -2.34. The lowest BCUT2D eigenvalue weighted by Crippen LogP contribution is -2.42. The Morgan fingerprint density at radius 3 is 2.38 bits per heavy atom. The van der Waals surface area contributed by atoms with Crippen molar-refractivity contribution in [2.45, 2.75) is 64.9 Å². The molecule has 2 aliphatic heterocycles. The van der Waals surface area contributed by atoms with Gasteiger partial charge >= 0.3 is 5.97 Å². The second kappa shape index (κ2) is 11.2. The molecule has 1 amide bonds. The largest absolute Gasteiger partial charge is 0.462 e. The van der Waals surface area contributed by atoms with Crippen molar-refractivity contribution in [3.05, 3.63) is 45.8 Å². The number of ether oxygens (including phenoxy) is 1. The standard InChI is InChI=1S/C27H37N3O5S2/c1-6-35-27(32)24-22-11-12-29(17(2)3)16-23(22)36-26(24)28-25(31)20-7-9-21(10-8-20)37(33,34)30-14-18(4)13-19(5)15-30/h7-10,17-19H,6,11-16H2,1-5H3,(H,28,31)/t18-,19-/m0/s1. The molecule has 37 heavy (non-hydrogen) atoms. The number of carbonyl (C=O) groups excluding carboxylic acids is 2. The molecule has 1 aromatic heterocycles. The Labute approximate surface area is 224 Å². The van der Waals surface area contributed by atoms with Crippen LogP contribution in [-0.4, -0.2) is 61.8 Å². The maximum Gasteiger partial charge on any atom is 0.341 e. The van der Waals surface area contributed by atoms with Gasteiger partial charge in [0.15, 0.2) is 0 Å². The molecule has 1 N–H and O–H groups in total. The smallest absolute Gasteiger partial charge is 0.341 e. The average molecular weight is 548 g/mol. The van der Waals surface area contributed by atoms with Gasteiger partial charge in [-0.25, -0.2) is 13.2 Å². The zero-order valence-electron chi connectivity index (χ0n) is 22.2. The van der Waals surface area contributed by atoms with E-state index in [-0.39, 0.29) is 11.5 Å². The van der Waals surface area contributed by atoms with E-state index in [1.807, 2.05) is 0 Å². The van der Waals surface area contributed by atoms with Gasteiger partial charge < -0.3 is 10.1 Å². The number of hydrogen-bond acceptors (Lipinski definition) is 7. The summed E-state index contributed by atoms with van der Waals surface area (Å²) < 4.78 is 33.2. The molecule has 0 saturated carbocycles. The van der Waals surface area contributed by atoms with Crippen molar-refractivity contribution in [3.8, 4) is 0 Å². The Morgan fingerprint density at radius 1 is 1.14 bits per heavy atom. The molecule has 202 valence electrons. The molecule has 8 nitrogen and oxygen atoms in total. The van der Waals surface area contributed by atoms with Crippen molar-refractivity contribution in [1.29, 1.82) is 0 Å². The first-order valence-electron chi connectivity index (χ1n) is 13.0. The van der Waals surface area contributed by atoms with Crippen LogP contribution in [0.15, 0.2) is 29.2 Å². The number of fused-ring (bicyclic) bond motifs is 1. The van der Waals surface area contributed by atoms with Gasteiger partial charge in [-0.3, -0.25) is 9.69 Å². The summed E-state index contributed by atoms with van der Waals surface area (Å²) in [6.45, 7) is 13.0. The molecule has 4 rings (SSSR count). The van der Waals surface area contributed by atoms with Crippen molar-refractivity contribution >= 4 is 38.2 Å². The highest BCUT2D eigenvalue weighted by Gasteiger charge is 2.33. The predicted molar refractivity (Wildman–Crippen MR) is 146 cm³/mol. The van der Waals surface area contributed by atoms with E-state index in [4.69, 9.17) is 4.74 Å². The first-order valence-corrected chi connectivity index (χ1v) is 15.2. The van der Waals surface area contributed by atoms with Crippen molar-refractivity contribution in [3.63, 3.8) is 0 Å². The number of sulfonamides is 1. The Morgan fingerprint density at radius 2 is 1.78 bits per heavy atom. The third-order valence-corrected chi connectivity index (χ3v) is 10.1. The fraction of sp³-hybridized carbons (Fsp3) is 0.556. The summed E-state index contributed by atoms with van der Waals surface area (Å²) in [4.78, 5) is 29.6. The molecule has 2 atom stereocenters. The average Bonchev–Trinajstić information content (AvgIpc) is 3.20. The van der Waals surface area contributed by atoms with Crippen LogP contribution in [-0.2, 0) is 27.7 Å². The summed E-state index contributed by atoms with van der Waals surface area (Å²) in [6, 6.07) is 6.40. The Kier molecular flexibility index (Phi) is 8.42. The zero-order valence-corrected chi connectivity index (χ0v) is 23.9. The van der Waals surface area contributed by atoms with Crippen molar-refractivity contribution < 1.29 is 22.7 Å². The van der Waals surface area contributed by atoms with Crippen molar-refractivity contribution in [2.24, 2.45) is 11.8 Å². The number of carbonyl (C=O) groups is 2. The maximum absolute atomic E-state index is 13.2. The Hall–Kier alpha value is -2.27. The highest BCUT2D eigenvalue weighted by Crippen LogP contribution is 2.38. The molecule has 1 fully saturated rings. The van der Waals surface area contributed by atoms with E-state index in [1.165, 1.54) is 35.6 Å². The van der Waals surface area contributed by atoms with E-state index < -0.39 is 21.9 Å². The summed E-state index contributed by atoms with van der Waals surface area (Å²) >= 11 is 1.41. The molecule has 0 spiro atoms. The van der Waals surface area contributed by atoms with Gasteiger partial charge in [-0.15, -0.1) is 11.3 Å². The minimum atomic E-state index is -3.63. The second-order valence-electron chi connectivity index (χ2n) is 10.5. The third-order valence-electron chi connectivity index (χ3n) is 7.11. The summed E-state index contributed by atoms with van der Waals surface area (Å²) in [7, 11) is -3.63. The highest BCUT2D eigenvalue weighted by atomic mass is 32.2. The normalized spacial score (nSPS) is 21.0. The number of piperidine rings is 1. The number of amides is 1. The number of anilines is 1. The van der Waals surface area contributed by atoms with E-state index in [2.05, 4.69) is 37.9 Å². The van der Waals surface area contributed by atoms with E-state index in [1.54, 1.807) is 11.2 Å². The van der Waals surface area contributed by atoms with Crippen molar-refractivity contribution in [2.75, 3.05) is 31.6 Å². The van der Waals surface area contributed by atoms with Crippen LogP contribution in [0.25, 0.3) is 0 Å². The van der Waals surface area contributed by atoms with Gasteiger partial charge in [-0.1, -0.05) is 13.8 Å². The first kappa shape index (κ1) is 27.8. The third kappa shape index (κ3) is 5.92. The Balaban J connectivity index is 1.55. The fourth-order valence-electron chi connectivity index (χ4n) is 5.28. The number of nitrogens with zero attached hydrogens (tertiary/aromatic N) is 2. The predicted octanol–water partition coefficient (Wildman–Crippen LogP) is 4.61. The van der Waals surface area contributed by atoms with Gasteiger partial charge in [0.2, 0.25) is 10.0 Å². The minimum absolute atomic E-state index is 0.179. The lowest BCUT2D eigenvalue weighted by atomic mass is 9.94. The molecule has 0 bridgehead atoms. The molecule has 0 aliphatic carbocycles. The first-order chi connectivity index (χ1) is 17.5. The quantitative estimate of drug-likeness (QED) is 0.509. The van der Waals surface area contributed by atoms with Gasteiger partial charge in [0.05, 0.1) is 17.1 Å². The molecule has 2 aliphatic rings. The van der Waals surface area contributed by atoms with E-state index in [9.17, 15) is 18.0 Å². The molecule has 3 heterocycles. The number of esters is 1. The van der Waals surface area contributed by atoms with Gasteiger partial charge in [0, 0.05) is 42.7 Å². The molecule has 0 unspecified atom stereocenters. The van der Waals surface area contributed by atoms with Crippen LogP contribution < -0.4 is 5.32 Å². The fourth-order valence-corrected chi connectivity index (χ4v) is 8.21. The zero-order chi connectivity index (χ0) is 26.9. The lowest BCUT2D eigenvalue weighted by molar-refractivity contribution is 0.0526. The summed E-state index contributed by atoms with van der Waals surface area (Å²) in [5, 5.41) is 3.38. The second-order valence-corrected chi connectivity index (χ2v) is 13.5. The van der Waals surface area contributed by atoms with Crippen LogP contribution >= 0.6 is 11.3 Å². The summed E-state index contributed by atoms with van der Waals surface area (Å²) in [5.74, 6) is -0.212. The summed E-state index contributed by atoms with van der Waals surface area (Å²) in [6.07, 6.45) is 1.73. The molecule has 1 aromatic carbocycles. The van der Waals surface area contributed by atoms with Gasteiger partial charge in [0.25, 0.3) is 5.91 Å².